The van der Waals surface area contributed by atoms with Gasteiger partial charge in [-0.1, -0.05) is 15.9 Å². The topological polar surface area (TPSA) is 76.4 Å². The predicted molar refractivity (Wildman–Crippen MR) is 92.5 cm³/mol. The van der Waals surface area contributed by atoms with Crippen LogP contribution in [0.25, 0.3) is 0 Å². The van der Waals surface area contributed by atoms with Gasteiger partial charge in [0.15, 0.2) is 0 Å². The number of rotatable bonds is 5. The van der Waals surface area contributed by atoms with Gasteiger partial charge < -0.3 is 15.3 Å². The third kappa shape index (κ3) is 5.08. The van der Waals surface area contributed by atoms with Crippen molar-refractivity contribution in [2.75, 3.05) is 18.5 Å². The number of piperidine rings is 1. The van der Waals surface area contributed by atoms with Gasteiger partial charge in [0.1, 0.15) is 11.6 Å². The molecular formula is C17H20BrN3O2. The van der Waals surface area contributed by atoms with Crippen molar-refractivity contribution in [2.24, 2.45) is 0 Å². The molecule has 122 valence electrons. The van der Waals surface area contributed by atoms with E-state index in [9.17, 15) is 10.1 Å². The minimum atomic E-state index is -0.414. The number of halogens is 1. The molecule has 0 spiro atoms. The first-order valence-corrected chi connectivity index (χ1v) is 8.49. The summed E-state index contributed by atoms with van der Waals surface area (Å²) in [7, 11) is 0. The van der Waals surface area contributed by atoms with E-state index in [4.69, 9.17) is 5.11 Å². The van der Waals surface area contributed by atoms with Crippen molar-refractivity contribution in [2.45, 2.75) is 31.7 Å². The van der Waals surface area contributed by atoms with E-state index in [1.807, 2.05) is 23.1 Å². The highest BCUT2D eigenvalue weighted by atomic mass is 79.9. The Hall–Kier alpha value is -1.84. The van der Waals surface area contributed by atoms with Crippen molar-refractivity contribution in [3.63, 3.8) is 0 Å². The molecule has 1 unspecified atom stereocenters. The lowest BCUT2D eigenvalue weighted by molar-refractivity contribution is -0.112. The second-order valence-electron chi connectivity index (χ2n) is 5.52. The van der Waals surface area contributed by atoms with Crippen LogP contribution in [-0.4, -0.2) is 35.1 Å². The van der Waals surface area contributed by atoms with Gasteiger partial charge in [-0.05, 0) is 49.9 Å². The van der Waals surface area contributed by atoms with Crippen LogP contribution < -0.4 is 5.32 Å². The number of nitrogens with one attached hydrogen (secondary N) is 1. The van der Waals surface area contributed by atoms with Crippen molar-refractivity contribution < 1.29 is 9.90 Å². The number of aliphatic hydroxyl groups excluding tert-OH is 1. The Labute approximate surface area is 144 Å². The molecule has 5 nitrogen and oxygen atoms in total. The molecule has 1 atom stereocenters. The fourth-order valence-electron chi connectivity index (χ4n) is 2.69. The molecule has 23 heavy (non-hydrogen) atoms. The van der Waals surface area contributed by atoms with Gasteiger partial charge in [-0.25, -0.2) is 0 Å². The van der Waals surface area contributed by atoms with Crippen LogP contribution >= 0.6 is 15.9 Å². The smallest absolute Gasteiger partial charge is 0.267 e. The molecule has 2 rings (SSSR count). The predicted octanol–water partition coefficient (Wildman–Crippen LogP) is 3.03. The van der Waals surface area contributed by atoms with Crippen LogP contribution in [0.3, 0.4) is 0 Å². The lowest BCUT2D eigenvalue weighted by Crippen LogP contribution is -2.37. The van der Waals surface area contributed by atoms with Crippen LogP contribution in [-0.2, 0) is 4.79 Å². The standard InChI is InChI=1S/C17H20BrN3O2/c18-14-4-6-15(7-5-14)20-17(23)13(11-19)12-21-9-2-1-3-16(21)8-10-22/h4-7,12,16,22H,1-3,8-10H2,(H,20,23)/b13-12-. The maximum atomic E-state index is 12.3. The minimum absolute atomic E-state index is 0.0813. The average Bonchev–Trinajstić information content (AvgIpc) is 2.56. The van der Waals surface area contributed by atoms with Crippen LogP contribution in [0.15, 0.2) is 40.5 Å². The highest BCUT2D eigenvalue weighted by Crippen LogP contribution is 2.21. The molecule has 1 aromatic rings. The summed E-state index contributed by atoms with van der Waals surface area (Å²) in [6.45, 7) is 0.920. The van der Waals surface area contributed by atoms with E-state index >= 15 is 0 Å². The summed E-state index contributed by atoms with van der Waals surface area (Å²) in [5, 5.41) is 21.2. The summed E-state index contributed by atoms with van der Waals surface area (Å²) in [6, 6.07) is 9.37. The summed E-state index contributed by atoms with van der Waals surface area (Å²) in [5.74, 6) is -0.414. The first-order chi connectivity index (χ1) is 11.1. The third-order valence-electron chi connectivity index (χ3n) is 3.90. The molecule has 1 fully saturated rings. The first kappa shape index (κ1) is 17.5. The summed E-state index contributed by atoms with van der Waals surface area (Å²) >= 11 is 3.34. The zero-order valence-corrected chi connectivity index (χ0v) is 14.4. The van der Waals surface area contributed by atoms with Crippen LogP contribution in [0, 0.1) is 11.3 Å². The van der Waals surface area contributed by atoms with Crippen LogP contribution in [0.5, 0.6) is 0 Å². The van der Waals surface area contributed by atoms with E-state index in [2.05, 4.69) is 21.2 Å². The van der Waals surface area contributed by atoms with Crippen molar-refractivity contribution in [1.29, 1.82) is 5.26 Å². The van der Waals surface area contributed by atoms with Gasteiger partial charge >= 0.3 is 0 Å². The summed E-state index contributed by atoms with van der Waals surface area (Å²) < 4.78 is 0.923. The number of amides is 1. The quantitative estimate of drug-likeness (QED) is 0.610. The Morgan fingerprint density at radius 2 is 2.17 bits per heavy atom. The van der Waals surface area contributed by atoms with Gasteiger partial charge in [-0.15, -0.1) is 0 Å². The Kier molecular flexibility index (Phi) is 6.63. The number of hydrogen-bond donors (Lipinski definition) is 2. The Morgan fingerprint density at radius 3 is 2.83 bits per heavy atom. The number of carbonyl (C=O) groups excluding carboxylic acids is 1. The number of nitrogens with zero attached hydrogens (tertiary/aromatic N) is 2. The number of nitriles is 1. The lowest BCUT2D eigenvalue weighted by atomic mass is 10.00. The molecule has 0 radical (unpaired) electrons. The first-order valence-electron chi connectivity index (χ1n) is 7.69. The normalized spacial score (nSPS) is 18.4. The molecule has 1 aliphatic heterocycles. The third-order valence-corrected chi connectivity index (χ3v) is 4.43. The maximum absolute atomic E-state index is 12.3. The number of hydrogen-bond acceptors (Lipinski definition) is 4. The van der Waals surface area contributed by atoms with Crippen molar-refractivity contribution in [1.82, 2.24) is 4.90 Å². The number of likely N-dealkylation sites (tertiary alicyclic amines) is 1. The van der Waals surface area contributed by atoms with E-state index in [0.29, 0.717) is 12.1 Å². The largest absolute Gasteiger partial charge is 0.396 e. The van der Waals surface area contributed by atoms with Crippen molar-refractivity contribution in [3.8, 4) is 6.07 Å². The Bertz CT molecular complexity index is 605. The Balaban J connectivity index is 2.09. The summed E-state index contributed by atoms with van der Waals surface area (Å²) in [5.41, 5.74) is 0.725. The van der Waals surface area contributed by atoms with E-state index in [-0.39, 0.29) is 18.2 Å². The molecule has 0 aliphatic carbocycles. The summed E-state index contributed by atoms with van der Waals surface area (Å²) in [4.78, 5) is 14.3. The molecule has 0 saturated carbocycles. The molecule has 2 N–H and O–H groups in total. The average molecular weight is 378 g/mol. The lowest BCUT2D eigenvalue weighted by Gasteiger charge is -2.34. The Morgan fingerprint density at radius 1 is 1.43 bits per heavy atom. The number of carbonyl (C=O) groups is 1. The summed E-state index contributed by atoms with van der Waals surface area (Å²) in [6.07, 6.45) is 5.41. The molecule has 1 saturated heterocycles. The van der Waals surface area contributed by atoms with E-state index < -0.39 is 5.91 Å². The number of anilines is 1. The highest BCUT2D eigenvalue weighted by molar-refractivity contribution is 9.10. The second kappa shape index (κ2) is 8.70. The van der Waals surface area contributed by atoms with Gasteiger partial charge in [0.25, 0.3) is 5.91 Å². The minimum Gasteiger partial charge on any atom is -0.396 e. The van der Waals surface area contributed by atoms with Crippen LogP contribution in [0.4, 0.5) is 5.69 Å². The SMILES string of the molecule is N#C/C(=C/N1CCCCC1CCO)C(=O)Nc1ccc(Br)cc1. The maximum Gasteiger partial charge on any atom is 0.267 e. The van der Waals surface area contributed by atoms with E-state index in [0.717, 1.165) is 30.3 Å². The second-order valence-corrected chi connectivity index (χ2v) is 6.43. The zero-order valence-electron chi connectivity index (χ0n) is 12.8. The molecule has 1 aromatic carbocycles. The fraction of sp³-hybridized carbons (Fsp3) is 0.412. The molecule has 1 heterocycles. The monoisotopic (exact) mass is 377 g/mol. The van der Waals surface area contributed by atoms with Crippen molar-refractivity contribution in [3.05, 3.63) is 40.5 Å². The molecule has 1 aliphatic rings. The van der Waals surface area contributed by atoms with Gasteiger partial charge in [-0.2, -0.15) is 5.26 Å². The van der Waals surface area contributed by atoms with E-state index in [1.54, 1.807) is 18.3 Å². The van der Waals surface area contributed by atoms with Crippen LogP contribution in [0.1, 0.15) is 25.7 Å². The van der Waals surface area contributed by atoms with Gasteiger partial charge in [0.2, 0.25) is 0 Å². The molecule has 1 amide bonds. The van der Waals surface area contributed by atoms with Crippen LogP contribution in [0.2, 0.25) is 0 Å². The molecule has 0 aromatic heterocycles. The number of aliphatic hydroxyl groups is 1. The molecule has 0 bridgehead atoms. The number of benzene rings is 1. The van der Waals surface area contributed by atoms with Gasteiger partial charge in [0, 0.05) is 35.6 Å². The molecule has 6 heteroatoms. The van der Waals surface area contributed by atoms with Gasteiger partial charge in [-0.3, -0.25) is 4.79 Å². The van der Waals surface area contributed by atoms with Crippen molar-refractivity contribution >= 4 is 27.5 Å². The fourth-order valence-corrected chi connectivity index (χ4v) is 2.95. The molecular weight excluding hydrogens is 358 g/mol. The highest BCUT2D eigenvalue weighted by Gasteiger charge is 2.21. The zero-order chi connectivity index (χ0) is 16.7. The van der Waals surface area contributed by atoms with E-state index in [1.165, 1.54) is 0 Å². The van der Waals surface area contributed by atoms with Gasteiger partial charge in [0.05, 0.1) is 0 Å².